The van der Waals surface area contributed by atoms with Crippen LogP contribution in [0.5, 0.6) is 0 Å². The molecule has 32 heavy (non-hydrogen) atoms. The van der Waals surface area contributed by atoms with E-state index in [1.54, 1.807) is 11.8 Å². The Morgan fingerprint density at radius 1 is 1.28 bits per heavy atom. The number of allylic oxidation sites excluding steroid dienone is 1. The number of esters is 1. The Morgan fingerprint density at radius 3 is 2.75 bits per heavy atom. The van der Waals surface area contributed by atoms with Gasteiger partial charge in [-0.3, -0.25) is 14.5 Å². The minimum atomic E-state index is -0.602. The summed E-state index contributed by atoms with van der Waals surface area (Å²) in [6, 6.07) is 8.30. The monoisotopic (exact) mass is 435 g/mol. The number of carbonyl (C=O) groups is 3. The summed E-state index contributed by atoms with van der Waals surface area (Å²) in [6.07, 6.45) is 1.71. The van der Waals surface area contributed by atoms with E-state index in [2.05, 4.69) is 17.2 Å². The number of anilines is 2. The van der Waals surface area contributed by atoms with Crippen molar-refractivity contribution in [1.29, 1.82) is 0 Å². The number of ether oxygens (including phenoxy) is 1. The highest BCUT2D eigenvalue weighted by atomic mass is 16.5. The Balaban J connectivity index is 1.75. The lowest BCUT2D eigenvalue weighted by Crippen LogP contribution is -2.51. The van der Waals surface area contributed by atoms with Crippen LogP contribution in [-0.4, -0.2) is 36.5 Å². The van der Waals surface area contributed by atoms with E-state index in [0.29, 0.717) is 42.8 Å². The number of nitrogens with zero attached hydrogens (tertiary/aromatic N) is 1. The van der Waals surface area contributed by atoms with E-state index in [9.17, 15) is 14.4 Å². The van der Waals surface area contributed by atoms with Crippen LogP contribution in [0.2, 0.25) is 0 Å². The smallest absolute Gasteiger partial charge is 0.328 e. The van der Waals surface area contributed by atoms with Crippen molar-refractivity contribution in [2.45, 2.75) is 52.1 Å². The molecule has 0 bridgehead atoms. The van der Waals surface area contributed by atoms with Gasteiger partial charge in [0.1, 0.15) is 12.1 Å². The molecule has 0 radical (unpaired) electrons. The van der Waals surface area contributed by atoms with E-state index < -0.39 is 12.1 Å². The van der Waals surface area contributed by atoms with Gasteiger partial charge in [-0.1, -0.05) is 38.6 Å². The van der Waals surface area contributed by atoms with Crippen molar-refractivity contribution in [3.05, 3.63) is 48.2 Å². The summed E-state index contributed by atoms with van der Waals surface area (Å²) in [6.45, 7) is 9.97. The molecular weight excluding hydrogens is 406 g/mol. The summed E-state index contributed by atoms with van der Waals surface area (Å²) in [5.74, 6) is -0.542. The predicted molar refractivity (Wildman–Crippen MR) is 125 cm³/mol. The average molecular weight is 436 g/mol. The summed E-state index contributed by atoms with van der Waals surface area (Å²) >= 11 is 0. The zero-order chi connectivity index (χ0) is 23.0. The van der Waals surface area contributed by atoms with Gasteiger partial charge < -0.3 is 15.4 Å². The fourth-order valence-electron chi connectivity index (χ4n) is 4.57. The minimum Gasteiger partial charge on any atom is -0.464 e. The van der Waals surface area contributed by atoms with Crippen LogP contribution in [0, 0.1) is 5.92 Å². The fourth-order valence-corrected chi connectivity index (χ4v) is 4.57. The molecule has 4 rings (SSSR count). The molecule has 2 amide bonds. The Morgan fingerprint density at radius 2 is 2.06 bits per heavy atom. The van der Waals surface area contributed by atoms with Crippen LogP contribution in [0.1, 0.15) is 50.4 Å². The van der Waals surface area contributed by atoms with Crippen molar-refractivity contribution in [2.24, 2.45) is 5.92 Å². The first-order valence-electron chi connectivity index (χ1n) is 11.1. The normalized spacial score (nSPS) is 18.8. The second-order valence-electron chi connectivity index (χ2n) is 8.76. The third kappa shape index (κ3) is 3.83. The first kappa shape index (κ1) is 21.9. The highest BCUT2D eigenvalue weighted by Gasteiger charge is 2.41. The molecule has 7 nitrogen and oxygen atoms in total. The maximum Gasteiger partial charge on any atom is 0.328 e. The quantitative estimate of drug-likeness (QED) is 0.643. The van der Waals surface area contributed by atoms with Gasteiger partial charge in [0.2, 0.25) is 5.91 Å². The van der Waals surface area contributed by atoms with E-state index in [1.165, 1.54) is 0 Å². The van der Waals surface area contributed by atoms with Crippen LogP contribution in [0.15, 0.2) is 42.6 Å². The van der Waals surface area contributed by atoms with E-state index in [4.69, 9.17) is 4.74 Å². The van der Waals surface area contributed by atoms with Gasteiger partial charge in [0.05, 0.1) is 17.9 Å². The molecule has 2 atom stereocenters. The summed E-state index contributed by atoms with van der Waals surface area (Å²) < 4.78 is 5.26. The minimum absolute atomic E-state index is 0.224. The van der Waals surface area contributed by atoms with Crippen LogP contribution >= 0.6 is 0 Å². The molecule has 2 N–H and O–H groups in total. The third-order valence-corrected chi connectivity index (χ3v) is 5.96. The first-order valence-corrected chi connectivity index (χ1v) is 11.1. The predicted octanol–water partition coefficient (Wildman–Crippen LogP) is 3.98. The Kier molecular flexibility index (Phi) is 5.91. The van der Waals surface area contributed by atoms with Gasteiger partial charge in [-0.2, -0.15) is 0 Å². The lowest BCUT2D eigenvalue weighted by Gasteiger charge is -2.31. The van der Waals surface area contributed by atoms with E-state index in [0.717, 1.165) is 16.5 Å². The van der Waals surface area contributed by atoms with Crippen molar-refractivity contribution in [3.8, 4) is 0 Å². The number of hydrogen-bond acceptors (Lipinski definition) is 5. The zero-order valence-electron chi connectivity index (χ0n) is 18.7. The van der Waals surface area contributed by atoms with Gasteiger partial charge in [-0.05, 0) is 49.6 Å². The van der Waals surface area contributed by atoms with E-state index in [1.807, 2.05) is 44.2 Å². The number of piperidine rings is 1. The van der Waals surface area contributed by atoms with Gasteiger partial charge in [-0.25, -0.2) is 4.79 Å². The SMILES string of the molecule is C=C1CCC(N2C(=O)c3c(N[C@@H](CC(C)C)C(=O)OCC)ccc4cccc2c34)C(=O)N1. The average Bonchev–Trinajstić information content (AvgIpc) is 3.03. The van der Waals surface area contributed by atoms with Crippen molar-refractivity contribution < 1.29 is 19.1 Å². The molecule has 0 aliphatic carbocycles. The molecule has 0 spiro atoms. The van der Waals surface area contributed by atoms with Crippen LogP contribution in [0.3, 0.4) is 0 Å². The number of rotatable bonds is 7. The second kappa shape index (κ2) is 8.65. The number of nitrogens with one attached hydrogen (secondary N) is 2. The number of hydrogen-bond donors (Lipinski definition) is 2. The van der Waals surface area contributed by atoms with E-state index in [-0.39, 0.29) is 23.7 Å². The summed E-state index contributed by atoms with van der Waals surface area (Å²) in [5.41, 5.74) is 2.46. The standard InChI is InChI=1S/C25H29N3O4/c1-5-32-25(31)18(13-14(2)3)27-17-11-10-16-7-6-8-19-21(16)22(17)24(30)28(19)20-12-9-15(4)26-23(20)29/h6-8,10-11,14,18,20,27H,4-5,9,12-13H2,1-3H3,(H,26,29)/t18-,20?/m0/s1. The van der Waals surface area contributed by atoms with Crippen molar-refractivity contribution in [2.75, 3.05) is 16.8 Å². The molecule has 2 heterocycles. The zero-order valence-corrected chi connectivity index (χ0v) is 18.7. The van der Waals surface area contributed by atoms with Gasteiger partial charge in [0.25, 0.3) is 5.91 Å². The largest absolute Gasteiger partial charge is 0.464 e. The molecule has 2 aliphatic rings. The summed E-state index contributed by atoms with van der Waals surface area (Å²) in [4.78, 5) is 40.6. The second-order valence-corrected chi connectivity index (χ2v) is 8.76. The van der Waals surface area contributed by atoms with Crippen molar-refractivity contribution in [3.63, 3.8) is 0 Å². The molecule has 2 aromatic rings. The number of benzene rings is 2. The molecule has 168 valence electrons. The number of amides is 2. The highest BCUT2D eigenvalue weighted by molar-refractivity contribution is 6.29. The highest BCUT2D eigenvalue weighted by Crippen LogP contribution is 2.43. The third-order valence-electron chi connectivity index (χ3n) is 5.96. The summed E-state index contributed by atoms with van der Waals surface area (Å²) in [7, 11) is 0. The lowest BCUT2D eigenvalue weighted by molar-refractivity contribution is -0.144. The fraction of sp³-hybridized carbons (Fsp3) is 0.400. The molecule has 2 aliphatic heterocycles. The van der Waals surface area contributed by atoms with Crippen LogP contribution in [0.25, 0.3) is 10.8 Å². The van der Waals surface area contributed by atoms with Gasteiger partial charge in [0, 0.05) is 16.8 Å². The molecule has 1 unspecified atom stereocenters. The molecule has 7 heteroatoms. The van der Waals surface area contributed by atoms with Crippen molar-refractivity contribution >= 4 is 39.9 Å². The molecule has 0 aromatic heterocycles. The maximum absolute atomic E-state index is 13.7. The lowest BCUT2D eigenvalue weighted by atomic mass is 10.0. The molecule has 1 saturated heterocycles. The van der Waals surface area contributed by atoms with Gasteiger partial charge >= 0.3 is 5.97 Å². The molecule has 0 saturated carbocycles. The topological polar surface area (TPSA) is 87.7 Å². The van der Waals surface area contributed by atoms with E-state index >= 15 is 0 Å². The maximum atomic E-state index is 13.7. The molecule has 2 aromatic carbocycles. The molecule has 1 fully saturated rings. The molecular formula is C25H29N3O4. The Labute approximate surface area is 187 Å². The summed E-state index contributed by atoms with van der Waals surface area (Å²) in [5, 5.41) is 7.77. The van der Waals surface area contributed by atoms with Crippen LogP contribution in [0.4, 0.5) is 11.4 Å². The van der Waals surface area contributed by atoms with Gasteiger partial charge in [0.15, 0.2) is 0 Å². The van der Waals surface area contributed by atoms with Crippen LogP contribution in [-0.2, 0) is 14.3 Å². The van der Waals surface area contributed by atoms with Gasteiger partial charge in [-0.15, -0.1) is 0 Å². The first-order chi connectivity index (χ1) is 15.3. The Hall–Kier alpha value is -3.35. The Bertz CT molecular complexity index is 1110. The van der Waals surface area contributed by atoms with Crippen molar-refractivity contribution in [1.82, 2.24) is 5.32 Å². The number of carbonyl (C=O) groups excluding carboxylic acids is 3. The van der Waals surface area contributed by atoms with Crippen LogP contribution < -0.4 is 15.5 Å².